The molecule has 0 unspecified atom stereocenters. The molecular formula is C12H17N3O3. The Balaban J connectivity index is 2.73. The highest BCUT2D eigenvalue weighted by Gasteiger charge is 2.26. The molecule has 0 atom stereocenters. The number of nitrogens with zero attached hydrogens (tertiary/aromatic N) is 1. The quantitative estimate of drug-likeness (QED) is 0.726. The standard InChI is InChI=1S/C12H17N3O3/c1-12(2,5-6-13)11(18)15-8-3-4-9(10(16)17)14-7-8/h3-4,7H,5-6,13H2,1-2H3,(H,15,18)(H,16,17). The molecule has 0 aliphatic heterocycles. The molecule has 0 aliphatic rings. The van der Waals surface area contributed by atoms with Gasteiger partial charge in [-0.3, -0.25) is 4.79 Å². The molecule has 1 amide bonds. The number of carbonyl (C=O) groups excluding carboxylic acids is 1. The van der Waals surface area contributed by atoms with Crippen LogP contribution in [0.5, 0.6) is 0 Å². The van der Waals surface area contributed by atoms with Gasteiger partial charge in [0.05, 0.1) is 11.9 Å². The number of rotatable bonds is 5. The van der Waals surface area contributed by atoms with E-state index in [-0.39, 0.29) is 11.6 Å². The number of carbonyl (C=O) groups is 2. The lowest BCUT2D eigenvalue weighted by molar-refractivity contribution is -0.124. The second kappa shape index (κ2) is 5.59. The first kappa shape index (κ1) is 14.1. The number of carboxylic acids is 1. The topological polar surface area (TPSA) is 105 Å². The molecule has 1 heterocycles. The Hall–Kier alpha value is -1.95. The van der Waals surface area contributed by atoms with Crippen LogP contribution in [0.25, 0.3) is 0 Å². The minimum absolute atomic E-state index is 0.0609. The maximum absolute atomic E-state index is 11.9. The lowest BCUT2D eigenvalue weighted by atomic mass is 9.88. The fourth-order valence-corrected chi connectivity index (χ4v) is 1.37. The van der Waals surface area contributed by atoms with E-state index in [0.29, 0.717) is 18.7 Å². The second-order valence-corrected chi connectivity index (χ2v) is 4.61. The maximum atomic E-state index is 11.9. The van der Waals surface area contributed by atoms with E-state index in [9.17, 15) is 9.59 Å². The Kier molecular flexibility index (Phi) is 4.38. The zero-order chi connectivity index (χ0) is 13.8. The predicted octanol–water partition coefficient (Wildman–Crippen LogP) is 1.09. The molecule has 0 radical (unpaired) electrons. The molecule has 0 spiro atoms. The molecule has 0 saturated heterocycles. The van der Waals surface area contributed by atoms with Gasteiger partial charge >= 0.3 is 5.97 Å². The van der Waals surface area contributed by atoms with Gasteiger partial charge in [-0.05, 0) is 25.1 Å². The van der Waals surface area contributed by atoms with Crippen LogP contribution in [0.3, 0.4) is 0 Å². The molecule has 6 nitrogen and oxygen atoms in total. The van der Waals surface area contributed by atoms with Crippen molar-refractivity contribution < 1.29 is 14.7 Å². The van der Waals surface area contributed by atoms with Crippen molar-refractivity contribution in [2.75, 3.05) is 11.9 Å². The summed E-state index contributed by atoms with van der Waals surface area (Å²) >= 11 is 0. The third-order valence-corrected chi connectivity index (χ3v) is 2.62. The summed E-state index contributed by atoms with van der Waals surface area (Å²) in [5, 5.41) is 11.4. The Morgan fingerprint density at radius 1 is 1.44 bits per heavy atom. The monoisotopic (exact) mass is 251 g/mol. The number of aromatic carboxylic acids is 1. The van der Waals surface area contributed by atoms with Crippen molar-refractivity contribution in [3.8, 4) is 0 Å². The number of pyridine rings is 1. The first-order chi connectivity index (χ1) is 8.36. The van der Waals surface area contributed by atoms with Crippen LogP contribution in [0.2, 0.25) is 0 Å². The fraction of sp³-hybridized carbons (Fsp3) is 0.417. The van der Waals surface area contributed by atoms with Crippen LogP contribution in [-0.2, 0) is 4.79 Å². The van der Waals surface area contributed by atoms with E-state index in [1.165, 1.54) is 18.3 Å². The average Bonchev–Trinajstić information content (AvgIpc) is 2.29. The molecule has 0 aliphatic carbocycles. The molecule has 1 rings (SSSR count). The molecule has 1 aromatic heterocycles. The zero-order valence-corrected chi connectivity index (χ0v) is 10.4. The number of hydrogen-bond acceptors (Lipinski definition) is 4. The van der Waals surface area contributed by atoms with Crippen LogP contribution in [0.4, 0.5) is 5.69 Å². The Morgan fingerprint density at radius 3 is 2.56 bits per heavy atom. The van der Waals surface area contributed by atoms with E-state index in [0.717, 1.165) is 0 Å². The van der Waals surface area contributed by atoms with E-state index in [2.05, 4.69) is 10.3 Å². The van der Waals surface area contributed by atoms with Gasteiger partial charge in [-0.2, -0.15) is 0 Å². The smallest absolute Gasteiger partial charge is 0.354 e. The summed E-state index contributed by atoms with van der Waals surface area (Å²) < 4.78 is 0. The molecule has 1 aromatic rings. The molecule has 98 valence electrons. The number of carboxylic acid groups (broad SMARTS) is 1. The van der Waals surface area contributed by atoms with Gasteiger partial charge in [0, 0.05) is 5.41 Å². The van der Waals surface area contributed by atoms with Gasteiger partial charge in [0.2, 0.25) is 5.91 Å². The van der Waals surface area contributed by atoms with Crippen molar-refractivity contribution in [1.82, 2.24) is 4.98 Å². The molecule has 0 bridgehead atoms. The molecule has 4 N–H and O–H groups in total. The van der Waals surface area contributed by atoms with E-state index in [4.69, 9.17) is 10.8 Å². The predicted molar refractivity (Wildman–Crippen MR) is 67.3 cm³/mol. The van der Waals surface area contributed by atoms with Crippen LogP contribution in [-0.4, -0.2) is 28.5 Å². The van der Waals surface area contributed by atoms with Crippen LogP contribution in [0, 0.1) is 5.41 Å². The number of nitrogens with one attached hydrogen (secondary N) is 1. The summed E-state index contributed by atoms with van der Waals surface area (Å²) in [7, 11) is 0. The summed E-state index contributed by atoms with van der Waals surface area (Å²) in [6.07, 6.45) is 1.89. The fourth-order valence-electron chi connectivity index (χ4n) is 1.37. The first-order valence-corrected chi connectivity index (χ1v) is 5.57. The van der Waals surface area contributed by atoms with Gasteiger partial charge in [0.1, 0.15) is 5.69 Å². The number of amides is 1. The summed E-state index contributed by atoms with van der Waals surface area (Å²) in [5.74, 6) is -1.27. The van der Waals surface area contributed by atoms with E-state index in [1.807, 2.05) is 0 Å². The normalized spacial score (nSPS) is 11.1. The van der Waals surface area contributed by atoms with Gasteiger partial charge in [0.15, 0.2) is 0 Å². The minimum Gasteiger partial charge on any atom is -0.477 e. The third kappa shape index (κ3) is 3.53. The van der Waals surface area contributed by atoms with Crippen LogP contribution in [0.15, 0.2) is 18.3 Å². The van der Waals surface area contributed by atoms with Crippen molar-refractivity contribution in [1.29, 1.82) is 0 Å². The van der Waals surface area contributed by atoms with Crippen molar-refractivity contribution in [3.05, 3.63) is 24.0 Å². The third-order valence-electron chi connectivity index (χ3n) is 2.62. The lowest BCUT2D eigenvalue weighted by Crippen LogP contribution is -2.32. The van der Waals surface area contributed by atoms with E-state index in [1.54, 1.807) is 13.8 Å². The second-order valence-electron chi connectivity index (χ2n) is 4.61. The number of anilines is 1. The first-order valence-electron chi connectivity index (χ1n) is 5.57. The van der Waals surface area contributed by atoms with Crippen molar-refractivity contribution >= 4 is 17.6 Å². The number of aromatic nitrogens is 1. The van der Waals surface area contributed by atoms with Crippen LogP contribution >= 0.6 is 0 Å². The summed E-state index contributed by atoms with van der Waals surface area (Å²) in [6, 6.07) is 2.85. The maximum Gasteiger partial charge on any atom is 0.354 e. The van der Waals surface area contributed by atoms with Gasteiger partial charge in [-0.15, -0.1) is 0 Å². The van der Waals surface area contributed by atoms with Crippen molar-refractivity contribution in [3.63, 3.8) is 0 Å². The van der Waals surface area contributed by atoms with E-state index >= 15 is 0 Å². The molecule has 6 heteroatoms. The summed E-state index contributed by atoms with van der Waals surface area (Å²) in [6.45, 7) is 4.03. The summed E-state index contributed by atoms with van der Waals surface area (Å²) in [4.78, 5) is 26.3. The van der Waals surface area contributed by atoms with Crippen molar-refractivity contribution in [2.45, 2.75) is 20.3 Å². The lowest BCUT2D eigenvalue weighted by Gasteiger charge is -2.22. The Morgan fingerprint density at radius 2 is 2.11 bits per heavy atom. The Bertz CT molecular complexity index is 440. The number of nitrogens with two attached hydrogens (primary N) is 1. The van der Waals surface area contributed by atoms with Crippen molar-refractivity contribution in [2.24, 2.45) is 11.1 Å². The molecular weight excluding hydrogens is 234 g/mol. The highest BCUT2D eigenvalue weighted by Crippen LogP contribution is 2.21. The SMILES string of the molecule is CC(C)(CCN)C(=O)Nc1ccc(C(=O)O)nc1. The Labute approximate surface area is 105 Å². The summed E-state index contributed by atoms with van der Waals surface area (Å²) in [5.41, 5.74) is 5.28. The number of hydrogen-bond donors (Lipinski definition) is 3. The van der Waals surface area contributed by atoms with Gasteiger partial charge in [0.25, 0.3) is 0 Å². The van der Waals surface area contributed by atoms with Crippen LogP contribution in [0.1, 0.15) is 30.8 Å². The molecule has 0 fully saturated rings. The highest BCUT2D eigenvalue weighted by molar-refractivity contribution is 5.95. The van der Waals surface area contributed by atoms with Crippen LogP contribution < -0.4 is 11.1 Å². The molecule has 18 heavy (non-hydrogen) atoms. The average molecular weight is 251 g/mol. The van der Waals surface area contributed by atoms with Gasteiger partial charge in [-0.1, -0.05) is 13.8 Å². The molecule has 0 aromatic carbocycles. The van der Waals surface area contributed by atoms with Gasteiger partial charge < -0.3 is 16.2 Å². The molecule has 0 saturated carbocycles. The zero-order valence-electron chi connectivity index (χ0n) is 10.4. The van der Waals surface area contributed by atoms with Gasteiger partial charge in [-0.25, -0.2) is 9.78 Å². The largest absolute Gasteiger partial charge is 0.477 e. The highest BCUT2D eigenvalue weighted by atomic mass is 16.4. The minimum atomic E-state index is -1.10. The van der Waals surface area contributed by atoms with E-state index < -0.39 is 11.4 Å².